The molecule has 0 unspecified atom stereocenters. The van der Waals surface area contributed by atoms with Crippen molar-refractivity contribution in [3.63, 3.8) is 0 Å². The molecule has 0 saturated heterocycles. The summed E-state index contributed by atoms with van der Waals surface area (Å²) in [5, 5.41) is 23.7. The monoisotopic (exact) mass is 397 g/mol. The first-order chi connectivity index (χ1) is 13.1. The summed E-state index contributed by atoms with van der Waals surface area (Å²) in [5.74, 6) is -0.174. The molecule has 0 aliphatic rings. The average molecular weight is 398 g/mol. The average Bonchev–Trinajstić information content (AvgIpc) is 3.23. The van der Waals surface area contributed by atoms with E-state index in [-0.39, 0.29) is 18.7 Å². The summed E-state index contributed by atoms with van der Waals surface area (Å²) < 4.78 is 1.75. The Morgan fingerprint density at radius 3 is 2.56 bits per heavy atom. The second-order valence-electron chi connectivity index (χ2n) is 5.89. The maximum atomic E-state index is 12.9. The smallest absolute Gasteiger partial charge is 0.264 e. The number of thiophene rings is 1. The van der Waals surface area contributed by atoms with E-state index in [1.807, 2.05) is 43.3 Å². The molecule has 2 heterocycles. The van der Waals surface area contributed by atoms with Crippen molar-refractivity contribution >= 4 is 39.1 Å². The zero-order chi connectivity index (χ0) is 19.4. The Balaban J connectivity index is 2.00. The first kappa shape index (κ1) is 18.9. The number of carbonyl (C=O) groups is 1. The zero-order valence-corrected chi connectivity index (χ0v) is 16.2. The van der Waals surface area contributed by atoms with Gasteiger partial charge in [-0.25, -0.2) is 4.68 Å². The SMILES string of the molecule is Cc1nn(-c2ccccc2Cl)c2sc(C(=O)N(CCC#N)CCC#N)cc12. The fourth-order valence-corrected chi connectivity index (χ4v) is 4.14. The molecule has 0 atom stereocenters. The molecule has 27 heavy (non-hydrogen) atoms. The van der Waals surface area contributed by atoms with Crippen molar-refractivity contribution in [2.24, 2.45) is 0 Å². The molecule has 1 amide bonds. The van der Waals surface area contributed by atoms with E-state index in [1.165, 1.54) is 11.3 Å². The topological polar surface area (TPSA) is 85.7 Å². The summed E-state index contributed by atoms with van der Waals surface area (Å²) in [5.41, 5.74) is 1.56. The molecular formula is C19H16ClN5OS. The van der Waals surface area contributed by atoms with Gasteiger partial charge in [0.1, 0.15) is 4.83 Å². The van der Waals surface area contributed by atoms with Gasteiger partial charge in [-0.2, -0.15) is 15.6 Å². The maximum absolute atomic E-state index is 12.9. The highest BCUT2D eigenvalue weighted by Gasteiger charge is 2.21. The predicted octanol–water partition coefficient (Wildman–Crippen LogP) is 4.32. The molecule has 0 radical (unpaired) electrons. The molecule has 136 valence electrons. The minimum Gasteiger partial charge on any atom is -0.336 e. The van der Waals surface area contributed by atoms with Crippen molar-refractivity contribution in [1.29, 1.82) is 10.5 Å². The lowest BCUT2D eigenvalue weighted by Gasteiger charge is -2.19. The van der Waals surface area contributed by atoms with Gasteiger partial charge in [0.05, 0.1) is 46.3 Å². The standard InChI is InChI=1S/C19H16ClN5OS/c1-13-14-12-17(18(26)24(10-4-8-21)11-5-9-22)27-19(14)25(23-13)16-7-3-2-6-15(16)20/h2-3,6-7,12H,4-5,10-11H2,1H3. The number of fused-ring (bicyclic) bond motifs is 1. The first-order valence-corrected chi connectivity index (χ1v) is 9.53. The van der Waals surface area contributed by atoms with Crippen LogP contribution in [0.3, 0.4) is 0 Å². The second kappa shape index (κ2) is 8.22. The number of hydrogen-bond donors (Lipinski definition) is 0. The number of halogens is 1. The fourth-order valence-electron chi connectivity index (χ4n) is 2.78. The van der Waals surface area contributed by atoms with Gasteiger partial charge in [0.15, 0.2) is 0 Å². The maximum Gasteiger partial charge on any atom is 0.264 e. The molecule has 3 aromatic rings. The summed E-state index contributed by atoms with van der Waals surface area (Å²) in [6.45, 7) is 2.50. The van der Waals surface area contributed by atoms with Gasteiger partial charge in [0.2, 0.25) is 0 Å². The van der Waals surface area contributed by atoms with Crippen LogP contribution in [0, 0.1) is 29.6 Å². The third-order valence-corrected chi connectivity index (χ3v) is 5.53. The largest absolute Gasteiger partial charge is 0.336 e. The summed E-state index contributed by atoms with van der Waals surface area (Å²) in [7, 11) is 0. The first-order valence-electron chi connectivity index (χ1n) is 8.34. The summed E-state index contributed by atoms with van der Waals surface area (Å²) in [6, 6.07) is 13.3. The highest BCUT2D eigenvalue weighted by Crippen LogP contribution is 2.33. The number of carbonyl (C=O) groups excluding carboxylic acids is 1. The summed E-state index contributed by atoms with van der Waals surface area (Å²) in [6.07, 6.45) is 0.461. The van der Waals surface area contributed by atoms with Gasteiger partial charge in [0.25, 0.3) is 5.91 Å². The van der Waals surface area contributed by atoms with Crippen LogP contribution in [-0.4, -0.2) is 33.7 Å². The van der Waals surface area contributed by atoms with Crippen molar-refractivity contribution in [2.45, 2.75) is 19.8 Å². The Morgan fingerprint density at radius 2 is 1.93 bits per heavy atom. The lowest BCUT2D eigenvalue weighted by molar-refractivity contribution is 0.0767. The molecular weight excluding hydrogens is 382 g/mol. The number of nitrogens with zero attached hydrogens (tertiary/aromatic N) is 5. The van der Waals surface area contributed by atoms with Crippen molar-refractivity contribution < 1.29 is 4.79 Å². The van der Waals surface area contributed by atoms with Crippen molar-refractivity contribution in [1.82, 2.24) is 14.7 Å². The third kappa shape index (κ3) is 3.80. The molecule has 2 aromatic heterocycles. The van der Waals surface area contributed by atoms with Crippen LogP contribution in [0.5, 0.6) is 0 Å². The van der Waals surface area contributed by atoms with Crippen molar-refractivity contribution in [3.05, 3.63) is 45.9 Å². The number of aryl methyl sites for hydroxylation is 1. The number of aromatic nitrogens is 2. The van der Waals surface area contributed by atoms with Crippen LogP contribution < -0.4 is 0 Å². The quantitative estimate of drug-likeness (QED) is 0.619. The van der Waals surface area contributed by atoms with Crippen LogP contribution in [0.25, 0.3) is 15.9 Å². The minimum absolute atomic E-state index is 0.174. The summed E-state index contributed by atoms with van der Waals surface area (Å²) >= 11 is 7.65. The number of amides is 1. The molecule has 8 heteroatoms. The van der Waals surface area contributed by atoms with E-state index in [0.717, 1.165) is 21.6 Å². The molecule has 0 saturated carbocycles. The Bertz CT molecular complexity index is 1050. The number of nitriles is 2. The third-order valence-electron chi connectivity index (χ3n) is 4.11. The number of rotatable bonds is 6. The predicted molar refractivity (Wildman–Crippen MR) is 105 cm³/mol. The molecule has 1 aromatic carbocycles. The van der Waals surface area contributed by atoms with E-state index in [2.05, 4.69) is 5.10 Å². The van der Waals surface area contributed by atoms with Crippen LogP contribution in [0.1, 0.15) is 28.2 Å². The molecule has 0 aliphatic heterocycles. The molecule has 0 bridgehead atoms. The Hall–Kier alpha value is -2.87. The van der Waals surface area contributed by atoms with Gasteiger partial charge in [0, 0.05) is 18.5 Å². The highest BCUT2D eigenvalue weighted by molar-refractivity contribution is 7.20. The van der Waals surface area contributed by atoms with E-state index in [4.69, 9.17) is 22.1 Å². The molecule has 0 N–H and O–H groups in total. The van der Waals surface area contributed by atoms with Crippen LogP contribution in [0.4, 0.5) is 0 Å². The van der Waals surface area contributed by atoms with Crippen LogP contribution in [0.15, 0.2) is 30.3 Å². The Labute approximate surface area is 165 Å². The van der Waals surface area contributed by atoms with E-state index in [1.54, 1.807) is 15.6 Å². The Morgan fingerprint density at radius 1 is 1.26 bits per heavy atom. The van der Waals surface area contributed by atoms with E-state index in [9.17, 15) is 4.79 Å². The van der Waals surface area contributed by atoms with Crippen molar-refractivity contribution in [3.8, 4) is 17.8 Å². The van der Waals surface area contributed by atoms with E-state index < -0.39 is 0 Å². The molecule has 0 aliphatic carbocycles. The van der Waals surface area contributed by atoms with Gasteiger partial charge in [-0.3, -0.25) is 4.79 Å². The fraction of sp³-hybridized carbons (Fsp3) is 0.263. The minimum atomic E-state index is -0.174. The van der Waals surface area contributed by atoms with Gasteiger partial charge < -0.3 is 4.90 Å². The molecule has 3 rings (SSSR count). The Kier molecular flexibility index (Phi) is 5.75. The molecule has 0 fully saturated rings. The second-order valence-corrected chi connectivity index (χ2v) is 7.32. The van der Waals surface area contributed by atoms with Crippen LogP contribution in [0.2, 0.25) is 5.02 Å². The summed E-state index contributed by atoms with van der Waals surface area (Å²) in [4.78, 5) is 15.9. The van der Waals surface area contributed by atoms with Gasteiger partial charge in [-0.15, -0.1) is 11.3 Å². The van der Waals surface area contributed by atoms with Gasteiger partial charge >= 0.3 is 0 Å². The highest BCUT2D eigenvalue weighted by atomic mass is 35.5. The number of benzene rings is 1. The van der Waals surface area contributed by atoms with E-state index >= 15 is 0 Å². The molecule has 6 nitrogen and oxygen atoms in total. The number of para-hydroxylation sites is 1. The van der Waals surface area contributed by atoms with Gasteiger partial charge in [-0.05, 0) is 25.1 Å². The lowest BCUT2D eigenvalue weighted by Crippen LogP contribution is -2.32. The zero-order valence-electron chi connectivity index (χ0n) is 14.6. The van der Waals surface area contributed by atoms with Gasteiger partial charge in [-0.1, -0.05) is 23.7 Å². The van der Waals surface area contributed by atoms with E-state index in [0.29, 0.717) is 23.0 Å². The van der Waals surface area contributed by atoms with Crippen LogP contribution in [-0.2, 0) is 0 Å². The number of hydrogen-bond acceptors (Lipinski definition) is 5. The van der Waals surface area contributed by atoms with Crippen LogP contribution >= 0.6 is 22.9 Å². The molecule has 0 spiro atoms. The van der Waals surface area contributed by atoms with Crippen molar-refractivity contribution in [2.75, 3.05) is 13.1 Å². The lowest BCUT2D eigenvalue weighted by atomic mass is 10.2. The normalized spacial score (nSPS) is 10.5.